The SMILES string of the molecule is CN(Cc1cnn(C)c1)c1ccc([N+](=O)[O-])cc1CBr. The number of alkyl halides is 1. The Morgan fingerprint density at radius 2 is 2.25 bits per heavy atom. The fraction of sp³-hybridized carbons (Fsp3) is 0.308. The molecule has 0 aliphatic heterocycles. The van der Waals surface area contributed by atoms with Gasteiger partial charge < -0.3 is 4.90 Å². The molecule has 0 N–H and O–H groups in total. The summed E-state index contributed by atoms with van der Waals surface area (Å²) in [6.45, 7) is 0.700. The summed E-state index contributed by atoms with van der Waals surface area (Å²) in [5, 5.41) is 15.5. The number of nitro benzene ring substituents is 1. The van der Waals surface area contributed by atoms with E-state index in [-0.39, 0.29) is 10.6 Å². The van der Waals surface area contributed by atoms with E-state index in [9.17, 15) is 10.1 Å². The van der Waals surface area contributed by atoms with Gasteiger partial charge in [0.25, 0.3) is 5.69 Å². The quantitative estimate of drug-likeness (QED) is 0.477. The molecular formula is C13H15BrN4O2. The Kier molecular flexibility index (Phi) is 4.39. The van der Waals surface area contributed by atoms with Crippen molar-refractivity contribution in [3.05, 3.63) is 51.8 Å². The largest absolute Gasteiger partial charge is 0.370 e. The summed E-state index contributed by atoms with van der Waals surface area (Å²) in [4.78, 5) is 12.5. The first-order chi connectivity index (χ1) is 9.51. The van der Waals surface area contributed by atoms with Gasteiger partial charge in [0.1, 0.15) is 0 Å². The van der Waals surface area contributed by atoms with E-state index in [1.165, 1.54) is 6.07 Å². The van der Waals surface area contributed by atoms with Crippen LogP contribution in [0.2, 0.25) is 0 Å². The van der Waals surface area contributed by atoms with Crippen LogP contribution in [0.5, 0.6) is 0 Å². The Morgan fingerprint density at radius 1 is 1.50 bits per heavy atom. The summed E-state index contributed by atoms with van der Waals surface area (Å²) < 4.78 is 1.75. The van der Waals surface area contributed by atoms with Gasteiger partial charge in [0, 0.05) is 55.6 Å². The van der Waals surface area contributed by atoms with E-state index in [2.05, 4.69) is 25.9 Å². The van der Waals surface area contributed by atoms with Gasteiger partial charge in [-0.05, 0) is 11.6 Å². The molecule has 2 aromatic rings. The second kappa shape index (κ2) is 6.04. The molecule has 0 aliphatic carbocycles. The maximum atomic E-state index is 10.8. The van der Waals surface area contributed by atoms with E-state index >= 15 is 0 Å². The van der Waals surface area contributed by atoms with Crippen molar-refractivity contribution in [2.45, 2.75) is 11.9 Å². The summed E-state index contributed by atoms with van der Waals surface area (Å²) in [6, 6.07) is 4.91. The van der Waals surface area contributed by atoms with E-state index in [4.69, 9.17) is 0 Å². The number of benzene rings is 1. The summed E-state index contributed by atoms with van der Waals surface area (Å²) >= 11 is 3.38. The van der Waals surface area contributed by atoms with Crippen molar-refractivity contribution >= 4 is 27.3 Å². The minimum Gasteiger partial charge on any atom is -0.370 e. The molecule has 0 atom stereocenters. The summed E-state index contributed by atoms with van der Waals surface area (Å²) in [6.07, 6.45) is 3.77. The predicted octanol–water partition coefficient (Wildman–Crippen LogP) is 2.86. The first kappa shape index (κ1) is 14.5. The highest BCUT2D eigenvalue weighted by Gasteiger charge is 2.13. The fourth-order valence-corrected chi connectivity index (χ4v) is 2.53. The first-order valence-corrected chi connectivity index (χ1v) is 7.15. The van der Waals surface area contributed by atoms with Crippen LogP contribution >= 0.6 is 15.9 Å². The molecule has 1 aromatic carbocycles. The molecule has 0 aliphatic rings. The number of nitrogens with zero attached hydrogens (tertiary/aromatic N) is 4. The van der Waals surface area contributed by atoms with E-state index in [0.29, 0.717) is 11.9 Å². The van der Waals surface area contributed by atoms with Gasteiger partial charge in [0.05, 0.1) is 11.1 Å². The van der Waals surface area contributed by atoms with Gasteiger partial charge in [0.15, 0.2) is 0 Å². The first-order valence-electron chi connectivity index (χ1n) is 6.03. The van der Waals surface area contributed by atoms with Gasteiger partial charge in [-0.15, -0.1) is 0 Å². The number of nitro groups is 1. The van der Waals surface area contributed by atoms with Crippen LogP contribution in [0.1, 0.15) is 11.1 Å². The summed E-state index contributed by atoms with van der Waals surface area (Å²) in [7, 11) is 3.83. The maximum absolute atomic E-state index is 10.8. The highest BCUT2D eigenvalue weighted by Crippen LogP contribution is 2.27. The molecule has 0 radical (unpaired) electrons. The Hall–Kier alpha value is -1.89. The molecule has 20 heavy (non-hydrogen) atoms. The molecule has 106 valence electrons. The molecule has 0 bridgehead atoms. The second-order valence-corrected chi connectivity index (χ2v) is 5.14. The van der Waals surface area contributed by atoms with Gasteiger partial charge in [-0.25, -0.2) is 0 Å². The van der Waals surface area contributed by atoms with E-state index in [1.54, 1.807) is 16.8 Å². The molecule has 2 rings (SSSR count). The van der Waals surface area contributed by atoms with Gasteiger partial charge in [-0.3, -0.25) is 14.8 Å². The summed E-state index contributed by atoms with van der Waals surface area (Å²) in [5.41, 5.74) is 3.06. The Bertz CT molecular complexity index is 627. The van der Waals surface area contributed by atoms with Crippen molar-refractivity contribution in [1.29, 1.82) is 0 Å². The number of non-ortho nitro benzene ring substituents is 1. The monoisotopic (exact) mass is 338 g/mol. The molecule has 0 saturated heterocycles. The number of aromatic nitrogens is 2. The Balaban J connectivity index is 2.24. The highest BCUT2D eigenvalue weighted by molar-refractivity contribution is 9.08. The molecule has 6 nitrogen and oxygen atoms in total. The van der Waals surface area contributed by atoms with Crippen LogP contribution in [0, 0.1) is 10.1 Å². The molecule has 0 unspecified atom stereocenters. The van der Waals surface area contributed by atoms with Crippen LogP contribution in [-0.2, 0) is 18.9 Å². The zero-order chi connectivity index (χ0) is 14.7. The lowest BCUT2D eigenvalue weighted by Gasteiger charge is -2.21. The fourth-order valence-electron chi connectivity index (χ4n) is 2.08. The molecular weight excluding hydrogens is 324 g/mol. The third-order valence-corrected chi connectivity index (χ3v) is 3.61. The molecule has 0 amide bonds. The van der Waals surface area contributed by atoms with Gasteiger partial charge in [-0.2, -0.15) is 5.10 Å². The Labute approximate surface area is 125 Å². The Morgan fingerprint density at radius 3 is 2.80 bits per heavy atom. The minimum absolute atomic E-state index is 0.109. The predicted molar refractivity (Wildman–Crippen MR) is 81.0 cm³/mol. The van der Waals surface area contributed by atoms with Crippen LogP contribution in [0.3, 0.4) is 0 Å². The minimum atomic E-state index is -0.378. The van der Waals surface area contributed by atoms with Gasteiger partial charge in [-0.1, -0.05) is 15.9 Å². The maximum Gasteiger partial charge on any atom is 0.269 e. The van der Waals surface area contributed by atoms with Crippen LogP contribution < -0.4 is 4.90 Å². The average Bonchev–Trinajstić information content (AvgIpc) is 2.83. The van der Waals surface area contributed by atoms with Crippen molar-refractivity contribution in [2.75, 3.05) is 11.9 Å². The van der Waals surface area contributed by atoms with Crippen LogP contribution in [-0.4, -0.2) is 21.8 Å². The average molecular weight is 339 g/mol. The molecule has 0 spiro atoms. The summed E-state index contributed by atoms with van der Waals surface area (Å²) in [5.74, 6) is 0. The van der Waals surface area contributed by atoms with Crippen LogP contribution in [0.15, 0.2) is 30.6 Å². The number of hydrogen-bond donors (Lipinski definition) is 0. The molecule has 1 aromatic heterocycles. The lowest BCUT2D eigenvalue weighted by atomic mass is 10.1. The molecule has 7 heteroatoms. The number of hydrogen-bond acceptors (Lipinski definition) is 4. The zero-order valence-electron chi connectivity index (χ0n) is 11.3. The van der Waals surface area contributed by atoms with Crippen LogP contribution in [0.25, 0.3) is 0 Å². The highest BCUT2D eigenvalue weighted by atomic mass is 79.9. The molecule has 0 saturated carbocycles. The number of anilines is 1. The smallest absolute Gasteiger partial charge is 0.269 e. The van der Waals surface area contributed by atoms with Gasteiger partial charge >= 0.3 is 0 Å². The van der Waals surface area contributed by atoms with E-state index < -0.39 is 0 Å². The van der Waals surface area contributed by atoms with E-state index in [0.717, 1.165) is 16.8 Å². The topological polar surface area (TPSA) is 64.2 Å². The third kappa shape index (κ3) is 3.16. The zero-order valence-corrected chi connectivity index (χ0v) is 12.9. The lowest BCUT2D eigenvalue weighted by Crippen LogP contribution is -2.17. The lowest BCUT2D eigenvalue weighted by molar-refractivity contribution is -0.384. The van der Waals surface area contributed by atoms with Crippen molar-refractivity contribution in [1.82, 2.24) is 9.78 Å². The number of aryl methyl sites for hydroxylation is 1. The second-order valence-electron chi connectivity index (χ2n) is 4.58. The van der Waals surface area contributed by atoms with E-state index in [1.807, 2.05) is 26.5 Å². The molecule has 1 heterocycles. The van der Waals surface area contributed by atoms with Crippen molar-refractivity contribution in [3.8, 4) is 0 Å². The van der Waals surface area contributed by atoms with Crippen LogP contribution in [0.4, 0.5) is 11.4 Å². The normalized spacial score (nSPS) is 10.6. The van der Waals surface area contributed by atoms with Crippen molar-refractivity contribution in [2.24, 2.45) is 7.05 Å². The molecule has 0 fully saturated rings. The van der Waals surface area contributed by atoms with Gasteiger partial charge in [0.2, 0.25) is 0 Å². The standard InChI is InChI=1S/C13H15BrN4O2/c1-16(8-10-7-15-17(2)9-10)13-4-3-12(18(19)20)5-11(13)6-14/h3-5,7,9H,6,8H2,1-2H3. The number of rotatable bonds is 5. The van der Waals surface area contributed by atoms with Crippen molar-refractivity contribution < 1.29 is 4.92 Å². The third-order valence-electron chi connectivity index (χ3n) is 3.01. The van der Waals surface area contributed by atoms with Crippen molar-refractivity contribution in [3.63, 3.8) is 0 Å². The number of halogens is 1.